The maximum absolute atomic E-state index is 11.3. The van der Waals surface area contributed by atoms with Gasteiger partial charge in [0, 0.05) is 19.1 Å². The zero-order valence-corrected chi connectivity index (χ0v) is 10.9. The van der Waals surface area contributed by atoms with E-state index < -0.39 is 9.84 Å². The fourth-order valence-electron chi connectivity index (χ4n) is 2.27. The van der Waals surface area contributed by atoms with Crippen LogP contribution in [-0.4, -0.2) is 49.1 Å². The molecule has 0 amide bonds. The number of likely N-dealkylation sites (tertiary alicyclic amines) is 1. The van der Waals surface area contributed by atoms with Gasteiger partial charge in [-0.15, -0.1) is 0 Å². The number of hydrogen-bond acceptors (Lipinski definition) is 3. The van der Waals surface area contributed by atoms with E-state index in [1.165, 1.54) is 19.3 Å². The van der Waals surface area contributed by atoms with Gasteiger partial charge in [0.05, 0.1) is 11.5 Å². The third-order valence-corrected chi connectivity index (χ3v) is 5.35. The summed E-state index contributed by atoms with van der Waals surface area (Å²) in [7, 11) is -2.81. The molecule has 2 aliphatic rings. The lowest BCUT2D eigenvalue weighted by Gasteiger charge is -2.30. The van der Waals surface area contributed by atoms with Crippen LogP contribution in [0.15, 0.2) is 0 Å². The molecule has 2 aliphatic heterocycles. The van der Waals surface area contributed by atoms with Crippen molar-refractivity contribution in [2.24, 2.45) is 0 Å². The molecule has 92 valence electrons. The van der Waals surface area contributed by atoms with Crippen molar-refractivity contribution in [1.29, 1.82) is 0 Å². The highest BCUT2D eigenvalue weighted by Gasteiger charge is 2.29. The Labute approximate surface area is 102 Å². The Morgan fingerprint density at radius 1 is 1.25 bits per heavy atom. The molecule has 1 N–H and O–H groups in total. The SMILES string of the molecule is O=S1(=O)CC[C@H](NC(=S)N2CCCCC2)C1. The van der Waals surface area contributed by atoms with Crippen molar-refractivity contribution < 1.29 is 8.42 Å². The molecule has 2 heterocycles. The monoisotopic (exact) mass is 262 g/mol. The quantitative estimate of drug-likeness (QED) is 0.699. The molecular formula is C10H18N2O2S2. The van der Waals surface area contributed by atoms with Crippen LogP contribution in [0.1, 0.15) is 25.7 Å². The Kier molecular flexibility index (Phi) is 3.69. The lowest BCUT2D eigenvalue weighted by atomic mass is 10.1. The second-order valence-electron chi connectivity index (χ2n) is 4.60. The van der Waals surface area contributed by atoms with Crippen molar-refractivity contribution in [2.75, 3.05) is 24.6 Å². The van der Waals surface area contributed by atoms with Crippen LogP contribution in [0.5, 0.6) is 0 Å². The zero-order chi connectivity index (χ0) is 11.6. The molecule has 0 aromatic heterocycles. The van der Waals surface area contributed by atoms with Crippen molar-refractivity contribution in [3.8, 4) is 0 Å². The number of hydrogen-bond donors (Lipinski definition) is 1. The molecule has 0 radical (unpaired) electrons. The normalized spacial score (nSPS) is 29.0. The number of nitrogens with zero attached hydrogens (tertiary/aromatic N) is 1. The lowest BCUT2D eigenvalue weighted by molar-refractivity contribution is 0.335. The first-order chi connectivity index (χ1) is 7.57. The second-order valence-corrected chi connectivity index (χ2v) is 7.21. The van der Waals surface area contributed by atoms with Gasteiger partial charge in [-0.3, -0.25) is 0 Å². The lowest BCUT2D eigenvalue weighted by Crippen LogP contribution is -2.46. The maximum atomic E-state index is 11.3. The van der Waals surface area contributed by atoms with Gasteiger partial charge in [0.15, 0.2) is 14.9 Å². The number of thiocarbonyl (C=S) groups is 1. The van der Waals surface area contributed by atoms with E-state index in [9.17, 15) is 8.42 Å². The average molecular weight is 262 g/mol. The molecule has 0 bridgehead atoms. The predicted molar refractivity (Wildman–Crippen MR) is 68.2 cm³/mol. The Bertz CT molecular complexity index is 361. The number of rotatable bonds is 1. The molecule has 0 saturated carbocycles. The van der Waals surface area contributed by atoms with Crippen molar-refractivity contribution in [3.05, 3.63) is 0 Å². The fourth-order valence-corrected chi connectivity index (χ4v) is 4.29. The van der Waals surface area contributed by atoms with Crippen LogP contribution in [0, 0.1) is 0 Å². The van der Waals surface area contributed by atoms with E-state index >= 15 is 0 Å². The average Bonchev–Trinajstić information content (AvgIpc) is 2.59. The first kappa shape index (κ1) is 12.1. The van der Waals surface area contributed by atoms with E-state index in [4.69, 9.17) is 12.2 Å². The summed E-state index contributed by atoms with van der Waals surface area (Å²) in [5.41, 5.74) is 0. The molecule has 4 nitrogen and oxygen atoms in total. The first-order valence-corrected chi connectivity index (χ1v) is 8.06. The second kappa shape index (κ2) is 4.87. The molecule has 0 unspecified atom stereocenters. The summed E-state index contributed by atoms with van der Waals surface area (Å²) in [6, 6.07) is 0.0272. The smallest absolute Gasteiger partial charge is 0.169 e. The van der Waals surface area contributed by atoms with Crippen LogP contribution in [0.25, 0.3) is 0 Å². The summed E-state index contributed by atoms with van der Waals surface area (Å²) in [4.78, 5) is 2.16. The molecule has 0 spiro atoms. The van der Waals surface area contributed by atoms with Crippen LogP contribution < -0.4 is 5.32 Å². The highest BCUT2D eigenvalue weighted by molar-refractivity contribution is 7.91. The summed E-state index contributed by atoms with van der Waals surface area (Å²) in [6.07, 6.45) is 4.34. The van der Waals surface area contributed by atoms with Gasteiger partial charge in [-0.25, -0.2) is 8.42 Å². The van der Waals surface area contributed by atoms with Gasteiger partial charge in [-0.05, 0) is 37.9 Å². The summed E-state index contributed by atoms with van der Waals surface area (Å²) in [5, 5.41) is 3.92. The predicted octanol–water partition coefficient (Wildman–Crippen LogP) is 0.534. The minimum atomic E-state index is -2.81. The van der Waals surface area contributed by atoms with Gasteiger partial charge in [0.1, 0.15) is 0 Å². The number of sulfone groups is 1. The Morgan fingerprint density at radius 2 is 1.94 bits per heavy atom. The minimum Gasteiger partial charge on any atom is -0.359 e. The molecule has 2 fully saturated rings. The van der Waals surface area contributed by atoms with E-state index in [1.807, 2.05) is 0 Å². The summed E-state index contributed by atoms with van der Waals surface area (Å²) >= 11 is 5.31. The molecule has 2 saturated heterocycles. The van der Waals surface area contributed by atoms with Gasteiger partial charge < -0.3 is 10.2 Å². The van der Waals surface area contributed by atoms with Gasteiger partial charge in [-0.2, -0.15) is 0 Å². The van der Waals surface area contributed by atoms with Crippen LogP contribution in [0.2, 0.25) is 0 Å². The van der Waals surface area contributed by atoms with E-state index in [1.54, 1.807) is 0 Å². The Hall–Kier alpha value is -0.360. The van der Waals surface area contributed by atoms with Crippen molar-refractivity contribution in [2.45, 2.75) is 31.7 Å². The number of piperidine rings is 1. The van der Waals surface area contributed by atoms with Gasteiger partial charge in [0.2, 0.25) is 0 Å². The highest BCUT2D eigenvalue weighted by atomic mass is 32.2. The minimum absolute atomic E-state index is 0.0272. The third-order valence-electron chi connectivity index (χ3n) is 3.20. The highest BCUT2D eigenvalue weighted by Crippen LogP contribution is 2.13. The van der Waals surface area contributed by atoms with Crippen molar-refractivity contribution in [1.82, 2.24) is 10.2 Å². The first-order valence-electron chi connectivity index (χ1n) is 5.83. The van der Waals surface area contributed by atoms with Crippen LogP contribution >= 0.6 is 12.2 Å². The van der Waals surface area contributed by atoms with Crippen LogP contribution in [0.3, 0.4) is 0 Å². The van der Waals surface area contributed by atoms with Crippen molar-refractivity contribution >= 4 is 27.2 Å². The number of nitrogens with one attached hydrogen (secondary N) is 1. The van der Waals surface area contributed by atoms with E-state index in [0.717, 1.165) is 18.2 Å². The maximum Gasteiger partial charge on any atom is 0.169 e. The van der Waals surface area contributed by atoms with Gasteiger partial charge >= 0.3 is 0 Å². The topological polar surface area (TPSA) is 49.4 Å². The van der Waals surface area contributed by atoms with Gasteiger partial charge in [0.25, 0.3) is 0 Å². The van der Waals surface area contributed by atoms with Gasteiger partial charge in [-0.1, -0.05) is 0 Å². The van der Waals surface area contributed by atoms with E-state index in [0.29, 0.717) is 12.2 Å². The zero-order valence-electron chi connectivity index (χ0n) is 9.31. The molecule has 1 atom stereocenters. The molecule has 0 aliphatic carbocycles. The Balaban J connectivity index is 1.83. The van der Waals surface area contributed by atoms with E-state index in [-0.39, 0.29) is 11.8 Å². The Morgan fingerprint density at radius 3 is 2.50 bits per heavy atom. The summed E-state index contributed by atoms with van der Waals surface area (Å²) in [5.74, 6) is 0.536. The molecule has 0 aromatic carbocycles. The molecule has 0 aromatic rings. The standard InChI is InChI=1S/C10H18N2O2S2/c13-16(14)7-4-9(8-16)11-10(15)12-5-2-1-3-6-12/h9H,1-8H2,(H,11,15)/t9-/m0/s1. The molecular weight excluding hydrogens is 244 g/mol. The third kappa shape index (κ3) is 3.07. The van der Waals surface area contributed by atoms with Crippen LogP contribution in [-0.2, 0) is 9.84 Å². The van der Waals surface area contributed by atoms with Crippen LogP contribution in [0.4, 0.5) is 0 Å². The molecule has 16 heavy (non-hydrogen) atoms. The summed E-state index contributed by atoms with van der Waals surface area (Å²) < 4.78 is 22.6. The summed E-state index contributed by atoms with van der Waals surface area (Å²) in [6.45, 7) is 2.01. The largest absolute Gasteiger partial charge is 0.359 e. The molecule has 2 rings (SSSR count). The fraction of sp³-hybridized carbons (Fsp3) is 0.900. The molecule has 6 heteroatoms. The van der Waals surface area contributed by atoms with E-state index in [2.05, 4.69) is 10.2 Å². The van der Waals surface area contributed by atoms with Crippen molar-refractivity contribution in [3.63, 3.8) is 0 Å².